The van der Waals surface area contributed by atoms with Gasteiger partial charge < -0.3 is 53.5 Å². The average Bonchev–Trinajstić information content (AvgIpc) is 3.79. The fourth-order valence-electron chi connectivity index (χ4n) is 11.3. The van der Waals surface area contributed by atoms with Gasteiger partial charge in [-0.05, 0) is 62.0 Å². The molecule has 0 aromatic rings. The Morgan fingerprint density at radius 3 is 2.38 bits per heavy atom. The van der Waals surface area contributed by atoms with Gasteiger partial charge in [0.2, 0.25) is 0 Å². The molecule has 0 saturated carbocycles. The van der Waals surface area contributed by atoms with E-state index in [2.05, 4.69) is 20.1 Å². The van der Waals surface area contributed by atoms with Gasteiger partial charge in [0.1, 0.15) is 36.3 Å². The van der Waals surface area contributed by atoms with Crippen LogP contribution in [0.2, 0.25) is 0 Å². The Balaban J connectivity index is 0.994. The summed E-state index contributed by atoms with van der Waals surface area (Å²) >= 11 is 0. The third-order valence-electron chi connectivity index (χ3n) is 14.0. The van der Waals surface area contributed by atoms with Gasteiger partial charge in [-0.3, -0.25) is 4.79 Å². The van der Waals surface area contributed by atoms with E-state index in [1.165, 1.54) is 0 Å². The normalized spacial score (nSPS) is 52.4. The number of Topliss-reactive ketones (excluding diaryl/α,β-unsaturated/α-hetero) is 1. The van der Waals surface area contributed by atoms with Gasteiger partial charge in [-0.25, -0.2) is 0 Å². The molecule has 0 amide bonds. The SMILES string of the molecule is C=C1C[C@@H]2CCC34C[C@H]5O[C@H]6[C@@H](O3)[C@H]3OC(CC[C@@H]3O[C@H]6[C@H]5O4)CC(=O)C[C@H]3[C@H](CC4O[C@@H](CCC1O2)C[C@@H](C)C4=C)OC(C[C@H](O)CN)[C@@H]3OC. The van der Waals surface area contributed by atoms with Crippen LogP contribution in [0, 0.1) is 11.8 Å². The summed E-state index contributed by atoms with van der Waals surface area (Å²) in [5, 5.41) is 10.5. The summed E-state index contributed by atoms with van der Waals surface area (Å²) in [4.78, 5) is 14.1. The first kappa shape index (κ1) is 36.4. The van der Waals surface area contributed by atoms with Crippen LogP contribution < -0.4 is 5.73 Å². The lowest BCUT2D eigenvalue weighted by Crippen LogP contribution is -2.61. The van der Waals surface area contributed by atoms with Crippen molar-refractivity contribution in [2.45, 2.75) is 194 Å². The number of rotatable bonds is 4. The number of ketones is 1. The molecule has 10 fully saturated rings. The Morgan fingerprint density at radius 1 is 0.808 bits per heavy atom. The topological polar surface area (TPSA) is 146 Å². The van der Waals surface area contributed by atoms with E-state index in [1.54, 1.807) is 7.11 Å². The van der Waals surface area contributed by atoms with Crippen LogP contribution in [0.5, 0.6) is 0 Å². The van der Waals surface area contributed by atoms with E-state index in [-0.39, 0.29) is 122 Å². The predicted molar refractivity (Wildman–Crippen MR) is 186 cm³/mol. The minimum absolute atomic E-state index is 0.0158. The van der Waals surface area contributed by atoms with E-state index < -0.39 is 18.0 Å². The second-order valence-corrected chi connectivity index (χ2v) is 17.4. The Labute approximate surface area is 307 Å². The second-order valence-electron chi connectivity index (χ2n) is 17.4. The van der Waals surface area contributed by atoms with Crippen LogP contribution in [0.15, 0.2) is 24.3 Å². The van der Waals surface area contributed by atoms with E-state index in [0.717, 1.165) is 56.1 Å². The quantitative estimate of drug-likeness (QED) is 0.409. The number of aliphatic hydroxyl groups excluding tert-OH is 1. The molecule has 0 aromatic carbocycles. The Bertz CT molecular complexity index is 1380. The molecule has 0 aliphatic carbocycles. The number of aliphatic hydroxyl groups is 1. The number of carbonyl (C=O) groups is 1. The summed E-state index contributed by atoms with van der Waals surface area (Å²) in [6.07, 6.45) is 4.85. The molecular formula is C40H59NO11. The Morgan fingerprint density at radius 2 is 1.56 bits per heavy atom. The molecule has 10 heterocycles. The van der Waals surface area contributed by atoms with Crippen LogP contribution in [0.1, 0.15) is 90.4 Å². The molecule has 290 valence electrons. The van der Waals surface area contributed by atoms with Crippen LogP contribution in [-0.4, -0.2) is 128 Å². The Kier molecular flexibility index (Phi) is 10.0. The molecule has 5 unspecified atom stereocenters. The maximum atomic E-state index is 14.1. The third kappa shape index (κ3) is 6.59. The van der Waals surface area contributed by atoms with Crippen molar-refractivity contribution in [3.8, 4) is 0 Å². The van der Waals surface area contributed by atoms with Crippen molar-refractivity contribution in [3.63, 3.8) is 0 Å². The van der Waals surface area contributed by atoms with Crippen LogP contribution in [0.4, 0.5) is 0 Å². The van der Waals surface area contributed by atoms with Gasteiger partial charge in [0, 0.05) is 58.1 Å². The fraction of sp³-hybridized carbons (Fsp3) is 0.875. The molecule has 1 spiro atoms. The summed E-state index contributed by atoms with van der Waals surface area (Å²) < 4.78 is 60.0. The lowest BCUT2D eigenvalue weighted by molar-refractivity contribution is -0.292. The lowest BCUT2D eigenvalue weighted by atomic mass is 9.81. The summed E-state index contributed by atoms with van der Waals surface area (Å²) in [5.74, 6) is -0.619. The number of methoxy groups -OCH3 is 1. The predicted octanol–water partition coefficient (Wildman–Crippen LogP) is 3.44. The smallest absolute Gasteiger partial charge is 0.172 e. The van der Waals surface area contributed by atoms with Crippen molar-refractivity contribution < 1.29 is 52.5 Å². The van der Waals surface area contributed by atoms with Crippen molar-refractivity contribution in [3.05, 3.63) is 24.3 Å². The molecule has 3 N–H and O–H groups in total. The summed E-state index contributed by atoms with van der Waals surface area (Å²) in [7, 11) is 1.66. The zero-order valence-corrected chi connectivity index (χ0v) is 30.8. The molecule has 0 radical (unpaired) electrons. The molecule has 10 aliphatic heterocycles. The highest BCUT2D eigenvalue weighted by Gasteiger charge is 2.68. The largest absolute Gasteiger partial charge is 0.392 e. The summed E-state index contributed by atoms with van der Waals surface area (Å²) in [6.45, 7) is 11.3. The number of carbonyl (C=O) groups excluding carboxylic acids is 1. The minimum atomic E-state index is -0.780. The van der Waals surface area contributed by atoms with Gasteiger partial charge in [-0.15, -0.1) is 0 Å². The van der Waals surface area contributed by atoms with E-state index in [4.69, 9.17) is 48.4 Å². The van der Waals surface area contributed by atoms with Crippen LogP contribution in [0.25, 0.3) is 0 Å². The van der Waals surface area contributed by atoms with Crippen LogP contribution >= 0.6 is 0 Å². The first-order valence-corrected chi connectivity index (χ1v) is 20.2. The molecule has 12 nitrogen and oxygen atoms in total. The zero-order chi connectivity index (χ0) is 35.9. The first-order valence-electron chi connectivity index (χ1n) is 20.2. The molecule has 52 heavy (non-hydrogen) atoms. The van der Waals surface area contributed by atoms with Crippen LogP contribution in [0.3, 0.4) is 0 Å². The zero-order valence-electron chi connectivity index (χ0n) is 30.8. The van der Waals surface area contributed by atoms with E-state index in [9.17, 15) is 9.90 Å². The highest BCUT2D eigenvalue weighted by molar-refractivity contribution is 5.79. The van der Waals surface area contributed by atoms with Gasteiger partial charge in [0.05, 0.1) is 67.1 Å². The molecule has 12 heteroatoms. The molecule has 0 aromatic heterocycles. The fourth-order valence-corrected chi connectivity index (χ4v) is 11.3. The standard InChI is InChI=1S/C40H59NO11/c1-19-11-24-5-7-28-20(2)12-26(45-28)9-10-40-17-33-36(51-40)37-38(50-33)39(52-40)35-29(49-37)8-6-25(47-35)13-22(42)14-27-31(16-30(46-24)21(19)3)48-32(34(27)44-4)15-23(43)18-41/h19,23-39,43H,2-3,5-18,41H2,1,4H3/t19-,23+,24+,25?,26+,27+,28?,29+,30?,31+,32?,33-,34-,35+,36+,37+,38-,39+,40?/m1/s1. The first-order chi connectivity index (χ1) is 25.1. The molecular weight excluding hydrogens is 670 g/mol. The van der Waals surface area contributed by atoms with Gasteiger partial charge in [0.25, 0.3) is 0 Å². The number of fused-ring (bicyclic) bond motifs is 6. The maximum Gasteiger partial charge on any atom is 0.172 e. The minimum Gasteiger partial charge on any atom is -0.392 e. The Hall–Kier alpha value is -1.29. The number of hydrogen-bond acceptors (Lipinski definition) is 12. The van der Waals surface area contributed by atoms with Crippen molar-refractivity contribution in [1.82, 2.24) is 0 Å². The molecule has 10 saturated heterocycles. The van der Waals surface area contributed by atoms with E-state index in [0.29, 0.717) is 25.7 Å². The van der Waals surface area contributed by atoms with Crippen molar-refractivity contribution >= 4 is 5.78 Å². The average molecular weight is 730 g/mol. The highest BCUT2D eigenvalue weighted by Crippen LogP contribution is 2.54. The monoisotopic (exact) mass is 729 g/mol. The third-order valence-corrected chi connectivity index (χ3v) is 14.0. The summed E-state index contributed by atoms with van der Waals surface area (Å²) in [6, 6.07) is 0. The molecule has 19 atom stereocenters. The van der Waals surface area contributed by atoms with Crippen molar-refractivity contribution in [1.29, 1.82) is 0 Å². The van der Waals surface area contributed by atoms with Gasteiger partial charge in [0.15, 0.2) is 5.79 Å². The van der Waals surface area contributed by atoms with Crippen molar-refractivity contribution in [2.24, 2.45) is 17.6 Å². The molecule has 12 bridgehead atoms. The van der Waals surface area contributed by atoms with Gasteiger partial charge in [-0.1, -0.05) is 20.1 Å². The second kappa shape index (κ2) is 14.3. The van der Waals surface area contributed by atoms with E-state index >= 15 is 0 Å². The molecule has 10 aliphatic rings. The number of nitrogens with two attached hydrogens (primary N) is 1. The van der Waals surface area contributed by atoms with Gasteiger partial charge >= 0.3 is 0 Å². The van der Waals surface area contributed by atoms with Gasteiger partial charge in [-0.2, -0.15) is 0 Å². The molecule has 10 rings (SSSR count). The van der Waals surface area contributed by atoms with E-state index in [1.807, 2.05) is 0 Å². The summed E-state index contributed by atoms with van der Waals surface area (Å²) in [5.41, 5.74) is 8.01. The van der Waals surface area contributed by atoms with Crippen LogP contribution in [-0.2, 0) is 47.4 Å². The maximum absolute atomic E-state index is 14.1. The van der Waals surface area contributed by atoms with Crippen molar-refractivity contribution in [2.75, 3.05) is 13.7 Å². The lowest BCUT2D eigenvalue weighted by Gasteiger charge is -2.47. The number of ether oxygens (including phenoxy) is 9. The highest BCUT2D eigenvalue weighted by atomic mass is 16.8. The number of hydrogen-bond donors (Lipinski definition) is 2.